The molecule has 2 rings (SSSR count). The van der Waals surface area contributed by atoms with E-state index in [0.717, 1.165) is 19.3 Å². The van der Waals surface area contributed by atoms with Crippen molar-refractivity contribution in [3.05, 3.63) is 0 Å². The van der Waals surface area contributed by atoms with Gasteiger partial charge in [0.05, 0.1) is 6.61 Å². The highest BCUT2D eigenvalue weighted by molar-refractivity contribution is 5.97. The summed E-state index contributed by atoms with van der Waals surface area (Å²) in [6.45, 7) is 9.75. The predicted molar refractivity (Wildman–Crippen MR) is 80.7 cm³/mol. The van der Waals surface area contributed by atoms with Gasteiger partial charge >= 0.3 is 0 Å². The molecule has 1 saturated carbocycles. The standard InChI is InChI=1S/C16H28N2O3/c1-5-9-21-10-8-18-13(16(2,3)4)14(19)17-12(15(18)20)11-6-7-11/h11-13H,5-10H2,1-4H3,(H,17,19). The van der Waals surface area contributed by atoms with E-state index in [9.17, 15) is 9.59 Å². The first-order valence-corrected chi connectivity index (χ1v) is 8.05. The normalized spacial score (nSPS) is 27.0. The molecule has 0 bridgehead atoms. The van der Waals surface area contributed by atoms with Crippen molar-refractivity contribution in [1.29, 1.82) is 0 Å². The topological polar surface area (TPSA) is 58.6 Å². The molecule has 2 aliphatic rings. The van der Waals surface area contributed by atoms with Crippen LogP contribution in [0.3, 0.4) is 0 Å². The molecule has 1 saturated heterocycles. The van der Waals surface area contributed by atoms with Gasteiger partial charge in [-0.3, -0.25) is 9.59 Å². The first-order valence-electron chi connectivity index (χ1n) is 8.05. The number of carbonyl (C=O) groups is 2. The predicted octanol–water partition coefficient (Wildman–Crippen LogP) is 1.56. The third-order valence-corrected chi connectivity index (χ3v) is 4.15. The SMILES string of the molecule is CCCOCCN1C(=O)C(C2CC2)NC(=O)C1C(C)(C)C. The summed E-state index contributed by atoms with van der Waals surface area (Å²) in [5, 5.41) is 2.95. The highest BCUT2D eigenvalue weighted by Crippen LogP contribution is 2.37. The van der Waals surface area contributed by atoms with Gasteiger partial charge in [0, 0.05) is 13.2 Å². The zero-order valence-electron chi connectivity index (χ0n) is 13.6. The first kappa shape index (κ1) is 16.3. The summed E-state index contributed by atoms with van der Waals surface area (Å²) in [6.07, 6.45) is 3.04. The van der Waals surface area contributed by atoms with Crippen LogP contribution in [-0.2, 0) is 14.3 Å². The average molecular weight is 296 g/mol. The van der Waals surface area contributed by atoms with Gasteiger partial charge in [-0.05, 0) is 30.6 Å². The summed E-state index contributed by atoms with van der Waals surface area (Å²) in [5.41, 5.74) is -0.279. The maximum Gasteiger partial charge on any atom is 0.246 e. The third-order valence-electron chi connectivity index (χ3n) is 4.15. The molecule has 1 aliphatic heterocycles. The molecule has 2 amide bonds. The zero-order chi connectivity index (χ0) is 15.6. The van der Waals surface area contributed by atoms with Crippen LogP contribution in [0, 0.1) is 11.3 Å². The van der Waals surface area contributed by atoms with Crippen molar-refractivity contribution in [2.75, 3.05) is 19.8 Å². The number of piperazine rings is 1. The van der Waals surface area contributed by atoms with Crippen molar-refractivity contribution in [3.8, 4) is 0 Å². The Morgan fingerprint density at radius 3 is 2.43 bits per heavy atom. The Bertz CT molecular complexity index is 399. The largest absolute Gasteiger partial charge is 0.380 e. The molecule has 0 aromatic rings. The van der Waals surface area contributed by atoms with E-state index in [1.54, 1.807) is 4.90 Å². The zero-order valence-corrected chi connectivity index (χ0v) is 13.6. The van der Waals surface area contributed by atoms with E-state index < -0.39 is 6.04 Å². The number of rotatable bonds is 6. The molecule has 2 atom stereocenters. The van der Waals surface area contributed by atoms with Gasteiger partial charge in [-0.25, -0.2) is 0 Å². The Kier molecular flexibility index (Phi) is 4.91. The minimum atomic E-state index is -0.412. The highest BCUT2D eigenvalue weighted by Gasteiger charge is 2.49. The number of amides is 2. The first-order chi connectivity index (χ1) is 9.86. The molecule has 2 fully saturated rings. The maximum atomic E-state index is 12.7. The Hall–Kier alpha value is -1.10. The van der Waals surface area contributed by atoms with E-state index in [4.69, 9.17) is 4.74 Å². The molecule has 0 aromatic carbocycles. The van der Waals surface area contributed by atoms with Crippen molar-refractivity contribution < 1.29 is 14.3 Å². The quantitative estimate of drug-likeness (QED) is 0.757. The summed E-state index contributed by atoms with van der Waals surface area (Å²) in [5.74, 6) is 0.382. The van der Waals surface area contributed by atoms with Crippen LogP contribution in [0.25, 0.3) is 0 Å². The van der Waals surface area contributed by atoms with Crippen LogP contribution < -0.4 is 5.32 Å². The third kappa shape index (κ3) is 3.76. The Morgan fingerprint density at radius 1 is 1.24 bits per heavy atom. The summed E-state index contributed by atoms with van der Waals surface area (Å²) < 4.78 is 5.52. The van der Waals surface area contributed by atoms with Crippen LogP contribution in [-0.4, -0.2) is 48.6 Å². The summed E-state index contributed by atoms with van der Waals surface area (Å²) in [6, 6.07) is -0.729. The Balaban J connectivity index is 2.10. The fourth-order valence-corrected chi connectivity index (χ4v) is 3.00. The number of nitrogens with one attached hydrogen (secondary N) is 1. The van der Waals surface area contributed by atoms with Crippen LogP contribution in [0.15, 0.2) is 0 Å². The van der Waals surface area contributed by atoms with Crippen LogP contribution in [0.4, 0.5) is 0 Å². The minimum absolute atomic E-state index is 0.0190. The fraction of sp³-hybridized carbons (Fsp3) is 0.875. The van der Waals surface area contributed by atoms with E-state index in [2.05, 4.69) is 12.2 Å². The second-order valence-corrected chi connectivity index (χ2v) is 7.24. The smallest absolute Gasteiger partial charge is 0.246 e. The van der Waals surface area contributed by atoms with Gasteiger partial charge < -0.3 is 15.0 Å². The molecule has 0 spiro atoms. The monoisotopic (exact) mass is 296 g/mol. The van der Waals surface area contributed by atoms with Gasteiger partial charge in [0.15, 0.2) is 0 Å². The van der Waals surface area contributed by atoms with Crippen molar-refractivity contribution in [3.63, 3.8) is 0 Å². The van der Waals surface area contributed by atoms with E-state index >= 15 is 0 Å². The van der Waals surface area contributed by atoms with Crippen molar-refractivity contribution in [2.45, 2.75) is 59.0 Å². The van der Waals surface area contributed by atoms with Gasteiger partial charge in [-0.2, -0.15) is 0 Å². The van der Waals surface area contributed by atoms with E-state index in [1.807, 2.05) is 20.8 Å². The molecule has 2 unspecified atom stereocenters. The van der Waals surface area contributed by atoms with Gasteiger partial charge in [-0.1, -0.05) is 27.7 Å². The number of carbonyl (C=O) groups excluding carboxylic acids is 2. The van der Waals surface area contributed by atoms with E-state index in [-0.39, 0.29) is 23.3 Å². The van der Waals surface area contributed by atoms with Crippen molar-refractivity contribution in [2.24, 2.45) is 11.3 Å². The van der Waals surface area contributed by atoms with E-state index in [1.165, 1.54) is 0 Å². The molecule has 1 N–H and O–H groups in total. The lowest BCUT2D eigenvalue weighted by atomic mass is 9.82. The lowest BCUT2D eigenvalue weighted by Gasteiger charge is -2.44. The molecule has 1 heterocycles. The number of hydrogen-bond donors (Lipinski definition) is 1. The van der Waals surface area contributed by atoms with Gasteiger partial charge in [0.2, 0.25) is 11.8 Å². The van der Waals surface area contributed by atoms with E-state index in [0.29, 0.717) is 25.7 Å². The lowest BCUT2D eigenvalue weighted by Crippen LogP contribution is -2.67. The van der Waals surface area contributed by atoms with Crippen LogP contribution in [0.5, 0.6) is 0 Å². The van der Waals surface area contributed by atoms with Gasteiger partial charge in [0.1, 0.15) is 12.1 Å². The molecule has 5 nitrogen and oxygen atoms in total. The molecule has 1 aliphatic carbocycles. The van der Waals surface area contributed by atoms with Gasteiger partial charge in [0.25, 0.3) is 0 Å². The Labute approximate surface area is 127 Å². The molecular weight excluding hydrogens is 268 g/mol. The van der Waals surface area contributed by atoms with Crippen LogP contribution in [0.1, 0.15) is 47.0 Å². The number of ether oxygens (including phenoxy) is 1. The summed E-state index contributed by atoms with van der Waals surface area (Å²) in [4.78, 5) is 27.0. The van der Waals surface area contributed by atoms with Crippen LogP contribution in [0.2, 0.25) is 0 Å². The second kappa shape index (κ2) is 6.34. The van der Waals surface area contributed by atoms with Crippen molar-refractivity contribution >= 4 is 11.8 Å². The molecule has 5 heteroatoms. The number of hydrogen-bond acceptors (Lipinski definition) is 3. The molecule has 0 aromatic heterocycles. The molecular formula is C16H28N2O3. The second-order valence-electron chi connectivity index (χ2n) is 7.24. The fourth-order valence-electron chi connectivity index (χ4n) is 3.00. The molecule has 21 heavy (non-hydrogen) atoms. The minimum Gasteiger partial charge on any atom is -0.380 e. The highest BCUT2D eigenvalue weighted by atomic mass is 16.5. The van der Waals surface area contributed by atoms with Crippen molar-refractivity contribution in [1.82, 2.24) is 10.2 Å². The lowest BCUT2D eigenvalue weighted by molar-refractivity contribution is -0.155. The molecule has 120 valence electrons. The average Bonchev–Trinajstić information content (AvgIpc) is 3.20. The maximum absolute atomic E-state index is 12.7. The van der Waals surface area contributed by atoms with Gasteiger partial charge in [-0.15, -0.1) is 0 Å². The van der Waals surface area contributed by atoms with Crippen LogP contribution >= 0.6 is 0 Å². The number of nitrogens with zero attached hydrogens (tertiary/aromatic N) is 1. The summed E-state index contributed by atoms with van der Waals surface area (Å²) in [7, 11) is 0. The Morgan fingerprint density at radius 2 is 1.90 bits per heavy atom. The summed E-state index contributed by atoms with van der Waals surface area (Å²) >= 11 is 0. The molecule has 0 radical (unpaired) electrons.